The topological polar surface area (TPSA) is 48.1 Å². The van der Waals surface area contributed by atoms with Crippen LogP contribution in [-0.4, -0.2) is 9.49 Å². The molecule has 0 aliphatic carbocycles. The van der Waals surface area contributed by atoms with Gasteiger partial charge in [0.05, 0.1) is 22.0 Å². The van der Waals surface area contributed by atoms with Crippen LogP contribution in [0.4, 0.5) is 5.69 Å². The molecule has 0 unspecified atom stereocenters. The Labute approximate surface area is 122 Å². The quantitative estimate of drug-likeness (QED) is 0.517. The summed E-state index contributed by atoms with van der Waals surface area (Å²) in [6.07, 6.45) is 1.59. The molecular weight excluding hydrogens is 264 g/mol. The number of aromatic nitrogens is 1. The highest BCUT2D eigenvalue weighted by atomic mass is 16.6. The zero-order valence-electron chi connectivity index (χ0n) is 12.3. The van der Waals surface area contributed by atoms with Gasteiger partial charge in [-0.25, -0.2) is 0 Å². The van der Waals surface area contributed by atoms with E-state index in [9.17, 15) is 10.1 Å². The number of hydrogen-bond donors (Lipinski definition) is 0. The number of benzene rings is 2. The summed E-state index contributed by atoms with van der Waals surface area (Å²) in [5.74, 6) is 0. The summed E-state index contributed by atoms with van der Waals surface area (Å²) in [5, 5.41) is 12.0. The summed E-state index contributed by atoms with van der Waals surface area (Å²) in [4.78, 5) is 11.0. The summed E-state index contributed by atoms with van der Waals surface area (Å²) < 4.78 is 1.84. The average Bonchev–Trinajstić information content (AvgIpc) is 2.81. The lowest BCUT2D eigenvalue weighted by molar-refractivity contribution is -0.383. The van der Waals surface area contributed by atoms with Crippen molar-refractivity contribution < 1.29 is 4.92 Å². The summed E-state index contributed by atoms with van der Waals surface area (Å²) in [5.41, 5.74) is 5.46. The van der Waals surface area contributed by atoms with Gasteiger partial charge in [-0.05, 0) is 42.2 Å². The zero-order valence-corrected chi connectivity index (χ0v) is 12.3. The fraction of sp³-hybridized carbons (Fsp3) is 0.176. The molecule has 0 fully saturated rings. The van der Waals surface area contributed by atoms with Crippen LogP contribution in [0.15, 0.2) is 42.6 Å². The first-order chi connectivity index (χ1) is 10.0. The van der Waals surface area contributed by atoms with E-state index < -0.39 is 0 Å². The number of fused-ring (bicyclic) bond motifs is 1. The van der Waals surface area contributed by atoms with Crippen LogP contribution in [0.1, 0.15) is 11.1 Å². The Morgan fingerprint density at radius 3 is 2.38 bits per heavy atom. The first kappa shape index (κ1) is 13.4. The molecule has 2 aromatic carbocycles. The highest BCUT2D eigenvalue weighted by Crippen LogP contribution is 2.36. The normalized spacial score (nSPS) is 11.0. The lowest BCUT2D eigenvalue weighted by Crippen LogP contribution is -1.93. The molecule has 0 bridgehead atoms. The lowest BCUT2D eigenvalue weighted by Gasteiger charge is -2.11. The third-order valence-electron chi connectivity index (χ3n) is 4.09. The molecule has 4 heteroatoms. The van der Waals surface area contributed by atoms with Crippen LogP contribution in [0.2, 0.25) is 0 Å². The molecule has 21 heavy (non-hydrogen) atoms. The van der Waals surface area contributed by atoms with Crippen molar-refractivity contribution in [2.24, 2.45) is 7.05 Å². The second-order valence-corrected chi connectivity index (χ2v) is 5.32. The second kappa shape index (κ2) is 4.74. The maximum Gasteiger partial charge on any atom is 0.294 e. The Kier molecular flexibility index (Phi) is 3.01. The van der Waals surface area contributed by atoms with Crippen molar-refractivity contribution in [3.05, 3.63) is 63.8 Å². The van der Waals surface area contributed by atoms with E-state index in [0.717, 1.165) is 27.8 Å². The molecule has 3 aromatic rings. The minimum Gasteiger partial charge on any atom is -0.344 e. The van der Waals surface area contributed by atoms with Gasteiger partial charge in [-0.1, -0.05) is 30.3 Å². The molecule has 0 aliphatic heterocycles. The van der Waals surface area contributed by atoms with Crippen molar-refractivity contribution in [2.75, 3.05) is 0 Å². The van der Waals surface area contributed by atoms with Crippen LogP contribution in [0.25, 0.3) is 22.0 Å². The van der Waals surface area contributed by atoms with Gasteiger partial charge in [-0.3, -0.25) is 10.1 Å². The molecule has 0 radical (unpaired) electrons. The summed E-state index contributed by atoms with van der Waals surface area (Å²) >= 11 is 0. The van der Waals surface area contributed by atoms with Crippen LogP contribution < -0.4 is 0 Å². The van der Waals surface area contributed by atoms with Gasteiger partial charge in [0.2, 0.25) is 0 Å². The lowest BCUT2D eigenvalue weighted by atomic mass is 9.94. The number of aryl methyl sites for hydroxylation is 2. The Balaban J connectivity index is 2.41. The van der Waals surface area contributed by atoms with Gasteiger partial charge in [0, 0.05) is 7.05 Å². The third-order valence-corrected chi connectivity index (χ3v) is 4.09. The molecular formula is C17H16N2O2. The van der Waals surface area contributed by atoms with Gasteiger partial charge in [-0.15, -0.1) is 0 Å². The van der Waals surface area contributed by atoms with Gasteiger partial charge in [0.25, 0.3) is 5.69 Å². The molecule has 106 valence electrons. The number of nitrogens with zero attached hydrogens (tertiary/aromatic N) is 2. The van der Waals surface area contributed by atoms with Crippen molar-refractivity contribution in [3.8, 4) is 11.1 Å². The van der Waals surface area contributed by atoms with E-state index in [-0.39, 0.29) is 10.6 Å². The van der Waals surface area contributed by atoms with E-state index >= 15 is 0 Å². The van der Waals surface area contributed by atoms with Crippen LogP contribution >= 0.6 is 0 Å². The Hall–Kier alpha value is -2.62. The molecule has 1 aromatic heterocycles. The molecule has 0 saturated carbocycles. The second-order valence-electron chi connectivity index (χ2n) is 5.32. The fourth-order valence-corrected chi connectivity index (χ4v) is 2.93. The highest BCUT2D eigenvalue weighted by molar-refractivity contribution is 5.96. The summed E-state index contributed by atoms with van der Waals surface area (Å²) in [6.45, 7) is 4.09. The van der Waals surface area contributed by atoms with Gasteiger partial charge in [0.1, 0.15) is 0 Å². The largest absolute Gasteiger partial charge is 0.344 e. The van der Waals surface area contributed by atoms with Crippen molar-refractivity contribution in [1.29, 1.82) is 0 Å². The van der Waals surface area contributed by atoms with E-state index in [4.69, 9.17) is 0 Å². The van der Waals surface area contributed by atoms with Gasteiger partial charge >= 0.3 is 0 Å². The predicted octanol–water partition coefficient (Wildman–Crippen LogP) is 4.37. The fourth-order valence-electron chi connectivity index (χ4n) is 2.93. The molecule has 0 atom stereocenters. The van der Waals surface area contributed by atoms with Crippen LogP contribution in [0.3, 0.4) is 0 Å². The van der Waals surface area contributed by atoms with Gasteiger partial charge in [-0.2, -0.15) is 0 Å². The Morgan fingerprint density at radius 1 is 1.10 bits per heavy atom. The highest BCUT2D eigenvalue weighted by Gasteiger charge is 2.20. The number of hydrogen-bond acceptors (Lipinski definition) is 2. The Morgan fingerprint density at radius 2 is 1.76 bits per heavy atom. The maximum atomic E-state index is 11.3. The van der Waals surface area contributed by atoms with E-state index in [0.29, 0.717) is 5.39 Å². The molecule has 0 saturated heterocycles. The smallest absolute Gasteiger partial charge is 0.294 e. The van der Waals surface area contributed by atoms with Crippen LogP contribution in [-0.2, 0) is 7.05 Å². The molecule has 0 N–H and O–H groups in total. The van der Waals surface area contributed by atoms with Gasteiger partial charge in [0.15, 0.2) is 0 Å². The van der Waals surface area contributed by atoms with E-state index in [2.05, 4.69) is 6.92 Å². The Bertz CT molecular complexity index is 848. The molecule has 0 amide bonds. The molecule has 1 heterocycles. The van der Waals surface area contributed by atoms with Crippen molar-refractivity contribution in [2.45, 2.75) is 13.8 Å². The summed E-state index contributed by atoms with van der Waals surface area (Å²) in [6, 6.07) is 11.9. The predicted molar refractivity (Wildman–Crippen MR) is 84.5 cm³/mol. The molecule has 3 rings (SSSR count). The minimum atomic E-state index is -0.314. The van der Waals surface area contributed by atoms with E-state index in [1.54, 1.807) is 6.20 Å². The standard InChI is InChI=1S/C17H16N2O2/c1-11-12(2)17-15(16(19(20)21)10-18(17)3)9-14(11)13-7-5-4-6-8-13/h4-10H,1-3H3. The first-order valence-corrected chi connectivity index (χ1v) is 6.79. The minimum absolute atomic E-state index is 0.160. The third kappa shape index (κ3) is 2.00. The molecule has 0 spiro atoms. The van der Waals surface area contributed by atoms with Crippen molar-refractivity contribution in [3.63, 3.8) is 0 Å². The van der Waals surface area contributed by atoms with Gasteiger partial charge < -0.3 is 4.57 Å². The van der Waals surface area contributed by atoms with E-state index in [1.165, 1.54) is 0 Å². The molecule has 4 nitrogen and oxygen atoms in total. The number of rotatable bonds is 2. The van der Waals surface area contributed by atoms with Crippen molar-refractivity contribution in [1.82, 2.24) is 4.57 Å². The van der Waals surface area contributed by atoms with E-state index in [1.807, 2.05) is 54.9 Å². The zero-order chi connectivity index (χ0) is 15.1. The first-order valence-electron chi connectivity index (χ1n) is 6.79. The van der Waals surface area contributed by atoms with Crippen molar-refractivity contribution >= 4 is 16.6 Å². The SMILES string of the molecule is Cc1c(-c2ccccc2)cc2c([N+](=O)[O-])cn(C)c2c1C. The molecule has 0 aliphatic rings. The summed E-state index contributed by atoms with van der Waals surface area (Å²) in [7, 11) is 1.85. The van der Waals surface area contributed by atoms with Crippen LogP contribution in [0, 0.1) is 24.0 Å². The monoisotopic (exact) mass is 280 g/mol. The maximum absolute atomic E-state index is 11.3. The average molecular weight is 280 g/mol. The van der Waals surface area contributed by atoms with Crippen LogP contribution in [0.5, 0.6) is 0 Å². The number of nitro groups is 1.